The van der Waals surface area contributed by atoms with Gasteiger partial charge in [-0.25, -0.2) is 9.59 Å². The number of carbonyl (C=O) groups excluding carboxylic acids is 3. The molecule has 5 nitrogen and oxygen atoms in total. The summed E-state index contributed by atoms with van der Waals surface area (Å²) in [4.78, 5) is 34.4. The van der Waals surface area contributed by atoms with E-state index in [9.17, 15) is 27.6 Å². The molecule has 0 atom stereocenters. The van der Waals surface area contributed by atoms with E-state index in [1.54, 1.807) is 0 Å². The van der Waals surface area contributed by atoms with Gasteiger partial charge in [-0.05, 0) is 20.8 Å². The zero-order valence-electron chi connectivity index (χ0n) is 10.4. The van der Waals surface area contributed by atoms with Gasteiger partial charge in [-0.15, -0.1) is 0 Å². The van der Waals surface area contributed by atoms with Crippen molar-refractivity contribution < 1.29 is 37.0 Å². The van der Waals surface area contributed by atoms with Crippen LogP contribution < -0.4 is 0 Å². The quantitative estimate of drug-likeness (QED) is 0.433. The molecule has 0 aromatic carbocycles. The number of esters is 2. The molecule has 1 aliphatic rings. The third-order valence-electron chi connectivity index (χ3n) is 2.34. The molecule has 1 heterocycles. The molecule has 19 heavy (non-hydrogen) atoms. The summed E-state index contributed by atoms with van der Waals surface area (Å²) < 4.78 is 47.2. The highest BCUT2D eigenvalue weighted by Gasteiger charge is 2.54. The van der Waals surface area contributed by atoms with Crippen molar-refractivity contribution in [1.82, 2.24) is 0 Å². The van der Waals surface area contributed by atoms with Gasteiger partial charge in [0.05, 0.1) is 6.61 Å². The monoisotopic (exact) mass is 280 g/mol. The number of carbonyl (C=O) groups is 3. The molecular formula is C11H11F3O5. The van der Waals surface area contributed by atoms with Gasteiger partial charge >= 0.3 is 18.1 Å². The van der Waals surface area contributed by atoms with E-state index in [1.807, 2.05) is 0 Å². The van der Waals surface area contributed by atoms with Crippen molar-refractivity contribution in [3.8, 4) is 0 Å². The number of ketones is 1. The predicted molar refractivity (Wildman–Crippen MR) is 54.9 cm³/mol. The van der Waals surface area contributed by atoms with E-state index in [1.165, 1.54) is 6.92 Å². The van der Waals surface area contributed by atoms with Gasteiger partial charge < -0.3 is 9.47 Å². The van der Waals surface area contributed by atoms with Crippen LogP contribution in [0.2, 0.25) is 0 Å². The van der Waals surface area contributed by atoms with E-state index < -0.39 is 40.6 Å². The van der Waals surface area contributed by atoms with E-state index in [0.717, 1.165) is 13.8 Å². The van der Waals surface area contributed by atoms with Gasteiger partial charge in [-0.3, -0.25) is 4.79 Å². The van der Waals surface area contributed by atoms with Crippen LogP contribution in [0, 0.1) is 0 Å². The van der Waals surface area contributed by atoms with E-state index in [0.29, 0.717) is 0 Å². The van der Waals surface area contributed by atoms with Gasteiger partial charge in [-0.2, -0.15) is 13.2 Å². The lowest BCUT2D eigenvalue weighted by Crippen LogP contribution is -2.31. The summed E-state index contributed by atoms with van der Waals surface area (Å²) in [7, 11) is 0. The minimum Gasteiger partial charge on any atom is -0.462 e. The van der Waals surface area contributed by atoms with Crippen LogP contribution in [0.4, 0.5) is 13.2 Å². The largest absolute Gasteiger partial charge is 0.462 e. The number of Topliss-reactive ketones (excluding diaryl/α,β-unsaturated/α-hetero) is 1. The maximum Gasteiger partial charge on any atom is 0.424 e. The highest BCUT2D eigenvalue weighted by Crippen LogP contribution is 2.36. The predicted octanol–water partition coefficient (Wildman–Crippen LogP) is 1.31. The number of cyclic esters (lactones) is 1. The van der Waals surface area contributed by atoms with Gasteiger partial charge in [0.2, 0.25) is 5.78 Å². The number of rotatable bonds is 2. The molecule has 0 aromatic rings. The Balaban J connectivity index is 3.46. The number of hydrogen-bond acceptors (Lipinski definition) is 5. The Bertz CT molecular complexity index is 473. The fourth-order valence-electron chi connectivity index (χ4n) is 1.50. The van der Waals surface area contributed by atoms with Gasteiger partial charge in [-0.1, -0.05) is 0 Å². The highest BCUT2D eigenvalue weighted by molar-refractivity contribution is 6.28. The molecule has 0 aromatic heterocycles. The second kappa shape index (κ2) is 4.67. The molecule has 0 amide bonds. The summed E-state index contributed by atoms with van der Waals surface area (Å²) in [6, 6.07) is 0. The SMILES string of the molecule is CCOC(=O)/C(=C1\C(=O)OC(C)(C)C1=O)C(F)(F)F. The Labute approximate surface area is 106 Å². The molecule has 1 saturated heterocycles. The van der Waals surface area contributed by atoms with Crippen LogP contribution in [0.25, 0.3) is 0 Å². The standard InChI is InChI=1S/C11H11F3O5/c1-4-18-9(17)6(11(12,13)14)5-7(15)10(2,3)19-8(5)16/h4H2,1-3H3/b6-5+. The van der Waals surface area contributed by atoms with Crippen LogP contribution >= 0.6 is 0 Å². The summed E-state index contributed by atoms with van der Waals surface area (Å²) in [6.07, 6.45) is -5.18. The zero-order chi connectivity index (χ0) is 15.0. The lowest BCUT2D eigenvalue weighted by atomic mass is 9.96. The molecule has 0 bridgehead atoms. The van der Waals surface area contributed by atoms with Crippen molar-refractivity contribution in [1.29, 1.82) is 0 Å². The van der Waals surface area contributed by atoms with Gasteiger partial charge in [0, 0.05) is 0 Å². The Morgan fingerprint density at radius 3 is 2.16 bits per heavy atom. The Hall–Kier alpha value is -1.86. The number of alkyl halides is 3. The summed E-state index contributed by atoms with van der Waals surface area (Å²) in [5.74, 6) is -4.44. The maximum atomic E-state index is 12.8. The first-order valence-corrected chi connectivity index (χ1v) is 5.29. The average Bonchev–Trinajstić information content (AvgIpc) is 2.39. The third-order valence-corrected chi connectivity index (χ3v) is 2.34. The van der Waals surface area contributed by atoms with E-state index in [-0.39, 0.29) is 6.61 Å². The summed E-state index contributed by atoms with van der Waals surface area (Å²) >= 11 is 0. The topological polar surface area (TPSA) is 69.7 Å². The van der Waals surface area contributed by atoms with Crippen molar-refractivity contribution in [2.45, 2.75) is 32.5 Å². The minimum atomic E-state index is -5.18. The smallest absolute Gasteiger partial charge is 0.424 e. The molecule has 8 heteroatoms. The third kappa shape index (κ3) is 2.77. The molecule has 1 fully saturated rings. The first-order chi connectivity index (χ1) is 8.52. The average molecular weight is 280 g/mol. The Morgan fingerprint density at radius 2 is 1.84 bits per heavy atom. The second-order valence-electron chi connectivity index (χ2n) is 4.20. The lowest BCUT2D eigenvalue weighted by molar-refractivity contribution is -0.152. The van der Waals surface area contributed by atoms with Gasteiger partial charge in [0.1, 0.15) is 5.57 Å². The minimum absolute atomic E-state index is 0.321. The highest BCUT2D eigenvalue weighted by atomic mass is 19.4. The van der Waals surface area contributed by atoms with Crippen LogP contribution in [0.1, 0.15) is 20.8 Å². The molecule has 106 valence electrons. The van der Waals surface area contributed by atoms with Crippen molar-refractivity contribution in [3.05, 3.63) is 11.1 Å². The van der Waals surface area contributed by atoms with Crippen molar-refractivity contribution >= 4 is 17.7 Å². The molecule has 0 aliphatic carbocycles. The van der Waals surface area contributed by atoms with Crippen LogP contribution in [0.5, 0.6) is 0 Å². The molecule has 0 saturated carbocycles. The van der Waals surface area contributed by atoms with Crippen molar-refractivity contribution in [2.24, 2.45) is 0 Å². The fraction of sp³-hybridized carbons (Fsp3) is 0.545. The number of halogens is 3. The maximum absolute atomic E-state index is 12.8. The molecular weight excluding hydrogens is 269 g/mol. The Kier molecular flexibility index (Phi) is 3.74. The van der Waals surface area contributed by atoms with Crippen LogP contribution in [-0.2, 0) is 23.9 Å². The van der Waals surface area contributed by atoms with Crippen LogP contribution in [-0.4, -0.2) is 36.1 Å². The zero-order valence-corrected chi connectivity index (χ0v) is 10.4. The summed E-state index contributed by atoms with van der Waals surface area (Å²) in [5.41, 5.74) is -4.96. The van der Waals surface area contributed by atoms with Crippen LogP contribution in [0.15, 0.2) is 11.1 Å². The number of ether oxygens (including phenoxy) is 2. The molecule has 1 rings (SSSR count). The summed E-state index contributed by atoms with van der Waals surface area (Å²) in [5, 5.41) is 0. The number of hydrogen-bond donors (Lipinski definition) is 0. The normalized spacial score (nSPS) is 21.2. The molecule has 0 spiro atoms. The van der Waals surface area contributed by atoms with E-state index in [2.05, 4.69) is 9.47 Å². The first-order valence-electron chi connectivity index (χ1n) is 5.29. The van der Waals surface area contributed by atoms with Gasteiger partial charge in [0.15, 0.2) is 11.2 Å². The van der Waals surface area contributed by atoms with E-state index in [4.69, 9.17) is 0 Å². The second-order valence-corrected chi connectivity index (χ2v) is 4.20. The molecule has 1 aliphatic heterocycles. The van der Waals surface area contributed by atoms with E-state index >= 15 is 0 Å². The molecule has 0 N–H and O–H groups in total. The Morgan fingerprint density at radius 1 is 1.32 bits per heavy atom. The van der Waals surface area contributed by atoms with Gasteiger partial charge in [0.25, 0.3) is 0 Å². The first kappa shape index (κ1) is 15.2. The van der Waals surface area contributed by atoms with Crippen molar-refractivity contribution in [3.63, 3.8) is 0 Å². The van der Waals surface area contributed by atoms with Crippen molar-refractivity contribution in [2.75, 3.05) is 6.61 Å². The fourth-order valence-corrected chi connectivity index (χ4v) is 1.50. The lowest BCUT2D eigenvalue weighted by Gasteiger charge is -2.13. The van der Waals surface area contributed by atoms with Crippen LogP contribution in [0.3, 0.4) is 0 Å². The summed E-state index contributed by atoms with van der Waals surface area (Å²) in [6.45, 7) is 3.26. The molecule has 0 unspecified atom stereocenters. The molecule has 0 radical (unpaired) electrons.